The first-order valence-electron chi connectivity index (χ1n) is 8.09. The van der Waals surface area contributed by atoms with Crippen LogP contribution in [0.5, 0.6) is 0 Å². The molecule has 0 aromatic rings. The first-order chi connectivity index (χ1) is 9.81. The summed E-state index contributed by atoms with van der Waals surface area (Å²) in [5, 5.41) is 0. The van der Waals surface area contributed by atoms with Gasteiger partial charge < -0.3 is 10.6 Å². The molecular formula is C16H29N3O2. The molecule has 2 aliphatic rings. The van der Waals surface area contributed by atoms with E-state index in [1.165, 1.54) is 9.80 Å². The lowest BCUT2D eigenvalue weighted by Crippen LogP contribution is -2.51. The lowest BCUT2D eigenvalue weighted by atomic mass is 9.65. The maximum atomic E-state index is 12.3. The lowest BCUT2D eigenvalue weighted by Gasteiger charge is -2.45. The number of rotatable bonds is 4. The predicted octanol–water partition coefficient (Wildman–Crippen LogP) is 2.06. The van der Waals surface area contributed by atoms with E-state index < -0.39 is 0 Å². The van der Waals surface area contributed by atoms with Crippen molar-refractivity contribution < 1.29 is 9.59 Å². The molecule has 3 unspecified atom stereocenters. The van der Waals surface area contributed by atoms with Crippen molar-refractivity contribution in [1.82, 2.24) is 9.80 Å². The molecule has 0 bridgehead atoms. The van der Waals surface area contributed by atoms with Gasteiger partial charge in [0.05, 0.1) is 0 Å². The Morgan fingerprint density at radius 1 is 1.29 bits per heavy atom. The second-order valence-corrected chi connectivity index (χ2v) is 7.32. The predicted molar refractivity (Wildman–Crippen MR) is 82.6 cm³/mol. The van der Waals surface area contributed by atoms with E-state index in [1.54, 1.807) is 7.05 Å². The number of hydrogen-bond donors (Lipinski definition) is 1. The molecule has 3 atom stereocenters. The van der Waals surface area contributed by atoms with Crippen molar-refractivity contribution >= 4 is 11.9 Å². The Hall–Kier alpha value is -1.10. The Morgan fingerprint density at radius 2 is 1.95 bits per heavy atom. The Bertz CT molecular complexity index is 422. The lowest BCUT2D eigenvalue weighted by molar-refractivity contribution is -0.128. The van der Waals surface area contributed by atoms with Gasteiger partial charge in [0.1, 0.15) is 6.54 Å². The van der Waals surface area contributed by atoms with E-state index >= 15 is 0 Å². The molecule has 21 heavy (non-hydrogen) atoms. The molecule has 1 saturated heterocycles. The summed E-state index contributed by atoms with van der Waals surface area (Å²) in [5.41, 5.74) is 6.16. The van der Waals surface area contributed by atoms with Gasteiger partial charge in [-0.25, -0.2) is 4.79 Å². The van der Waals surface area contributed by atoms with Crippen LogP contribution in [0.2, 0.25) is 0 Å². The summed E-state index contributed by atoms with van der Waals surface area (Å²) >= 11 is 0. The quantitative estimate of drug-likeness (QED) is 0.807. The third-order valence-corrected chi connectivity index (χ3v) is 5.78. The highest BCUT2D eigenvalue weighted by molar-refractivity contribution is 6.02. The van der Waals surface area contributed by atoms with E-state index in [1.807, 2.05) is 0 Å². The molecule has 1 aliphatic heterocycles. The molecule has 2 N–H and O–H groups in total. The van der Waals surface area contributed by atoms with E-state index in [0.717, 1.165) is 25.7 Å². The highest BCUT2D eigenvalue weighted by Gasteiger charge is 2.46. The number of carbonyl (C=O) groups is 2. The number of carbonyl (C=O) groups excluding carboxylic acids is 2. The topological polar surface area (TPSA) is 66.6 Å². The monoisotopic (exact) mass is 295 g/mol. The van der Waals surface area contributed by atoms with Crippen LogP contribution in [0, 0.1) is 17.3 Å². The number of nitrogens with zero attached hydrogens (tertiary/aromatic N) is 2. The van der Waals surface area contributed by atoms with Crippen molar-refractivity contribution in [2.45, 2.75) is 52.5 Å². The van der Waals surface area contributed by atoms with Crippen LogP contribution in [0.25, 0.3) is 0 Å². The maximum Gasteiger partial charge on any atom is 0.327 e. The highest BCUT2D eigenvalue weighted by atomic mass is 16.2. The van der Waals surface area contributed by atoms with Crippen molar-refractivity contribution in [1.29, 1.82) is 0 Å². The van der Waals surface area contributed by atoms with E-state index in [0.29, 0.717) is 12.5 Å². The average Bonchev–Trinajstić information content (AvgIpc) is 2.71. The van der Waals surface area contributed by atoms with Crippen molar-refractivity contribution in [3.8, 4) is 0 Å². The van der Waals surface area contributed by atoms with Crippen LogP contribution in [0.3, 0.4) is 0 Å². The van der Waals surface area contributed by atoms with Crippen molar-refractivity contribution in [3.05, 3.63) is 0 Å². The van der Waals surface area contributed by atoms with Gasteiger partial charge in [-0.05, 0) is 43.1 Å². The Balaban J connectivity index is 2.21. The summed E-state index contributed by atoms with van der Waals surface area (Å²) in [6.45, 7) is 7.54. The largest absolute Gasteiger partial charge is 0.330 e. The second kappa shape index (κ2) is 5.95. The number of nitrogens with two attached hydrogens (primary N) is 1. The van der Waals surface area contributed by atoms with Crippen LogP contribution in [-0.2, 0) is 4.79 Å². The molecular weight excluding hydrogens is 266 g/mol. The standard InChI is InChI=1S/C16H29N3O2/c1-5-16(2,3)12-7-6-11(9-17)13(8-12)19-14(20)10-18(4)15(19)21/h11-13H,5-10,17H2,1-4H3. The molecule has 2 fully saturated rings. The third kappa shape index (κ3) is 2.93. The summed E-state index contributed by atoms with van der Waals surface area (Å²) < 4.78 is 0. The fourth-order valence-corrected chi connectivity index (χ4v) is 3.76. The van der Waals surface area contributed by atoms with Crippen LogP contribution in [0.15, 0.2) is 0 Å². The number of imide groups is 1. The second-order valence-electron chi connectivity index (χ2n) is 7.32. The minimum absolute atomic E-state index is 0.0236. The van der Waals surface area contributed by atoms with Gasteiger partial charge in [-0.3, -0.25) is 9.69 Å². The fourth-order valence-electron chi connectivity index (χ4n) is 3.76. The molecule has 120 valence electrons. The highest BCUT2D eigenvalue weighted by Crippen LogP contribution is 2.44. The van der Waals surface area contributed by atoms with E-state index in [4.69, 9.17) is 5.73 Å². The molecule has 3 amide bonds. The normalized spacial score (nSPS) is 31.2. The van der Waals surface area contributed by atoms with Crippen LogP contribution in [-0.4, -0.2) is 47.9 Å². The molecule has 0 radical (unpaired) electrons. The number of urea groups is 1. The van der Waals surface area contributed by atoms with Crippen LogP contribution < -0.4 is 5.73 Å². The minimum atomic E-state index is -0.154. The summed E-state index contributed by atoms with van der Waals surface area (Å²) in [6.07, 6.45) is 4.16. The molecule has 0 aromatic heterocycles. The van der Waals surface area contributed by atoms with Gasteiger partial charge in [-0.2, -0.15) is 0 Å². The van der Waals surface area contributed by atoms with Gasteiger partial charge >= 0.3 is 6.03 Å². The van der Waals surface area contributed by atoms with Gasteiger partial charge in [0.25, 0.3) is 5.91 Å². The SMILES string of the molecule is CCC(C)(C)C1CCC(CN)C(N2C(=O)CN(C)C2=O)C1. The molecule has 1 aliphatic carbocycles. The average molecular weight is 295 g/mol. The van der Waals surface area contributed by atoms with Gasteiger partial charge in [0, 0.05) is 13.1 Å². The Labute approximate surface area is 127 Å². The fraction of sp³-hybridized carbons (Fsp3) is 0.875. The Kier molecular flexibility index (Phi) is 4.61. The van der Waals surface area contributed by atoms with Crippen molar-refractivity contribution in [2.24, 2.45) is 23.0 Å². The van der Waals surface area contributed by atoms with Gasteiger partial charge in [-0.15, -0.1) is 0 Å². The third-order valence-electron chi connectivity index (χ3n) is 5.78. The summed E-state index contributed by atoms with van der Waals surface area (Å²) in [7, 11) is 1.69. The zero-order valence-corrected chi connectivity index (χ0v) is 13.8. The first kappa shape index (κ1) is 16.3. The van der Waals surface area contributed by atoms with Crippen molar-refractivity contribution in [2.75, 3.05) is 20.1 Å². The van der Waals surface area contributed by atoms with Crippen molar-refractivity contribution in [3.63, 3.8) is 0 Å². The zero-order chi connectivity index (χ0) is 15.8. The molecule has 5 nitrogen and oxygen atoms in total. The summed E-state index contributed by atoms with van der Waals surface area (Å²) in [4.78, 5) is 27.5. The molecule has 5 heteroatoms. The molecule has 1 heterocycles. The molecule has 1 saturated carbocycles. The minimum Gasteiger partial charge on any atom is -0.330 e. The summed E-state index contributed by atoms with van der Waals surface area (Å²) in [5.74, 6) is 0.719. The first-order valence-corrected chi connectivity index (χ1v) is 8.09. The molecule has 2 rings (SSSR count). The summed E-state index contributed by atoms with van der Waals surface area (Å²) in [6, 6.07) is -0.178. The van der Waals surface area contributed by atoms with E-state index in [2.05, 4.69) is 20.8 Å². The molecule has 0 aromatic carbocycles. The zero-order valence-electron chi connectivity index (χ0n) is 13.8. The number of hydrogen-bond acceptors (Lipinski definition) is 3. The Morgan fingerprint density at radius 3 is 2.43 bits per heavy atom. The molecule has 0 spiro atoms. The number of likely N-dealkylation sites (N-methyl/N-ethyl adjacent to an activating group) is 1. The number of amides is 3. The van der Waals surface area contributed by atoms with Gasteiger partial charge in [-0.1, -0.05) is 27.2 Å². The smallest absolute Gasteiger partial charge is 0.327 e. The van der Waals surface area contributed by atoms with E-state index in [9.17, 15) is 9.59 Å². The van der Waals surface area contributed by atoms with Crippen LogP contribution in [0.4, 0.5) is 4.79 Å². The van der Waals surface area contributed by atoms with Gasteiger partial charge in [0.2, 0.25) is 0 Å². The van der Waals surface area contributed by atoms with E-state index in [-0.39, 0.29) is 35.9 Å². The van der Waals surface area contributed by atoms with Crippen LogP contribution >= 0.6 is 0 Å². The van der Waals surface area contributed by atoms with Gasteiger partial charge in [0.15, 0.2) is 0 Å². The van der Waals surface area contributed by atoms with Crippen LogP contribution in [0.1, 0.15) is 46.5 Å². The maximum absolute atomic E-state index is 12.3.